The van der Waals surface area contributed by atoms with Crippen molar-refractivity contribution in [3.63, 3.8) is 0 Å². The molecular formula is C50H94N2O7. The number of carboxylic acids is 1. The summed E-state index contributed by atoms with van der Waals surface area (Å²) in [7, 11) is 0. The molecule has 0 heterocycles. The average molecular weight is 835 g/mol. The number of aliphatic hydroxyl groups excluding tert-OH is 1. The van der Waals surface area contributed by atoms with E-state index >= 15 is 0 Å². The van der Waals surface area contributed by atoms with Gasteiger partial charge in [0.2, 0.25) is 11.8 Å². The molecule has 0 aromatic heterocycles. The van der Waals surface area contributed by atoms with Crippen molar-refractivity contribution in [3.05, 3.63) is 12.2 Å². The fourth-order valence-electron chi connectivity index (χ4n) is 7.65. The minimum atomic E-state index is -1.38. The first-order chi connectivity index (χ1) is 28.8. The van der Waals surface area contributed by atoms with Crippen molar-refractivity contribution in [2.45, 2.75) is 270 Å². The lowest BCUT2D eigenvalue weighted by Gasteiger charge is -2.18. The van der Waals surface area contributed by atoms with Crippen LogP contribution in [0.2, 0.25) is 0 Å². The third-order valence-electron chi connectivity index (χ3n) is 11.5. The van der Waals surface area contributed by atoms with Gasteiger partial charge in [0.25, 0.3) is 0 Å². The zero-order chi connectivity index (χ0) is 43.3. The van der Waals surface area contributed by atoms with Crippen molar-refractivity contribution in [2.75, 3.05) is 13.2 Å². The number of carbonyl (C=O) groups is 4. The first kappa shape index (κ1) is 56.6. The van der Waals surface area contributed by atoms with Gasteiger partial charge in [-0.25, -0.2) is 4.79 Å². The van der Waals surface area contributed by atoms with Crippen molar-refractivity contribution in [3.8, 4) is 0 Å². The Morgan fingerprint density at radius 2 is 0.864 bits per heavy atom. The SMILES string of the molecule is CCCCCCCC/C=C\CCCCCCCCCC(=O)OC(CCCCCCCCCCCCCCCC)CCCCCCCC(=O)NCC(=O)NC(CO)C(=O)O. The Labute approximate surface area is 362 Å². The largest absolute Gasteiger partial charge is 0.480 e. The molecule has 0 bridgehead atoms. The molecule has 0 aliphatic carbocycles. The first-order valence-electron chi connectivity index (χ1n) is 25.1. The summed E-state index contributed by atoms with van der Waals surface area (Å²) in [5, 5.41) is 22.6. The molecule has 59 heavy (non-hydrogen) atoms. The minimum Gasteiger partial charge on any atom is -0.480 e. The predicted molar refractivity (Wildman–Crippen MR) is 245 cm³/mol. The van der Waals surface area contributed by atoms with Crippen molar-refractivity contribution < 1.29 is 34.1 Å². The molecular weight excluding hydrogens is 741 g/mol. The summed E-state index contributed by atoms with van der Waals surface area (Å²) in [6, 6.07) is -1.38. The van der Waals surface area contributed by atoms with E-state index in [4.69, 9.17) is 14.9 Å². The number of esters is 1. The van der Waals surface area contributed by atoms with E-state index in [0.717, 1.165) is 57.8 Å². The number of carbonyl (C=O) groups excluding carboxylic acids is 3. The van der Waals surface area contributed by atoms with Crippen LogP contribution in [0.15, 0.2) is 12.2 Å². The van der Waals surface area contributed by atoms with Crippen LogP contribution in [0, 0.1) is 0 Å². The number of ether oxygens (including phenoxy) is 1. The summed E-state index contributed by atoms with van der Waals surface area (Å²) in [5.74, 6) is -2.27. The van der Waals surface area contributed by atoms with E-state index in [1.807, 2.05) is 0 Å². The van der Waals surface area contributed by atoms with E-state index in [-0.39, 0.29) is 24.5 Å². The van der Waals surface area contributed by atoms with Gasteiger partial charge in [-0.3, -0.25) is 14.4 Å². The van der Waals surface area contributed by atoms with Crippen LogP contribution in [0.4, 0.5) is 0 Å². The van der Waals surface area contributed by atoms with Gasteiger partial charge in [-0.1, -0.05) is 193 Å². The van der Waals surface area contributed by atoms with E-state index in [1.165, 1.54) is 167 Å². The summed E-state index contributed by atoms with van der Waals surface area (Å²) in [6.07, 6.45) is 49.5. The lowest BCUT2D eigenvalue weighted by molar-refractivity contribution is -0.150. The van der Waals surface area contributed by atoms with E-state index in [1.54, 1.807) is 0 Å². The average Bonchev–Trinajstić information content (AvgIpc) is 3.22. The van der Waals surface area contributed by atoms with E-state index in [2.05, 4.69) is 36.6 Å². The van der Waals surface area contributed by atoms with Crippen LogP contribution >= 0.6 is 0 Å². The standard InChI is InChI=1S/C50H94N2O7/c1-3-5-7-9-11-13-15-17-19-20-21-23-25-27-29-34-38-42-49(56)59-45(39-35-31-28-26-24-22-18-16-14-12-10-8-6-4-2)40-36-32-30-33-37-41-47(54)51-43-48(55)52-46(44-53)50(57)58/h17,19,45-46,53H,3-16,18,20-44H2,1-2H3,(H,51,54)(H,52,55)(H,57,58)/b19-17-. The molecule has 346 valence electrons. The topological polar surface area (TPSA) is 142 Å². The van der Waals surface area contributed by atoms with Crippen LogP contribution in [-0.4, -0.2) is 59.3 Å². The Bertz CT molecular complexity index is 1000. The zero-order valence-electron chi connectivity index (χ0n) is 38.5. The first-order valence-corrected chi connectivity index (χ1v) is 25.1. The van der Waals surface area contributed by atoms with Gasteiger partial charge in [-0.05, 0) is 64.2 Å². The molecule has 0 aromatic rings. The fourth-order valence-corrected chi connectivity index (χ4v) is 7.65. The zero-order valence-corrected chi connectivity index (χ0v) is 38.5. The summed E-state index contributed by atoms with van der Waals surface area (Å²) in [6.45, 7) is 3.51. The van der Waals surface area contributed by atoms with Crippen molar-refractivity contribution in [2.24, 2.45) is 0 Å². The van der Waals surface area contributed by atoms with Gasteiger partial charge in [0.15, 0.2) is 0 Å². The van der Waals surface area contributed by atoms with Crippen LogP contribution < -0.4 is 10.6 Å². The lowest BCUT2D eigenvalue weighted by atomic mass is 10.0. The van der Waals surface area contributed by atoms with Crippen molar-refractivity contribution in [1.29, 1.82) is 0 Å². The second kappa shape index (κ2) is 45.1. The van der Waals surface area contributed by atoms with Gasteiger partial charge in [-0.15, -0.1) is 0 Å². The molecule has 9 nitrogen and oxygen atoms in total. The highest BCUT2D eigenvalue weighted by Gasteiger charge is 2.19. The smallest absolute Gasteiger partial charge is 0.328 e. The molecule has 0 fully saturated rings. The van der Waals surface area contributed by atoms with Crippen molar-refractivity contribution in [1.82, 2.24) is 10.6 Å². The maximum absolute atomic E-state index is 12.9. The summed E-state index contributed by atoms with van der Waals surface area (Å²) in [4.78, 5) is 47.7. The van der Waals surface area contributed by atoms with Crippen LogP contribution in [0.25, 0.3) is 0 Å². The highest BCUT2D eigenvalue weighted by atomic mass is 16.5. The molecule has 0 saturated heterocycles. The Balaban J connectivity index is 4.28. The molecule has 0 rings (SSSR count). The monoisotopic (exact) mass is 835 g/mol. The maximum Gasteiger partial charge on any atom is 0.328 e. The molecule has 2 amide bonds. The summed E-state index contributed by atoms with van der Waals surface area (Å²) >= 11 is 0. The quantitative estimate of drug-likeness (QED) is 0.0272. The number of unbranched alkanes of at least 4 members (excludes halogenated alkanes) is 30. The second-order valence-electron chi connectivity index (χ2n) is 17.3. The second-order valence-corrected chi connectivity index (χ2v) is 17.3. The molecule has 2 unspecified atom stereocenters. The fraction of sp³-hybridized carbons (Fsp3) is 0.880. The number of aliphatic carboxylic acids is 1. The molecule has 0 spiro atoms. The van der Waals surface area contributed by atoms with E-state index < -0.39 is 24.5 Å². The van der Waals surface area contributed by atoms with Gasteiger partial charge < -0.3 is 25.6 Å². The predicted octanol–water partition coefficient (Wildman–Crippen LogP) is 13.0. The highest BCUT2D eigenvalue weighted by Crippen LogP contribution is 2.19. The number of rotatable bonds is 46. The number of aliphatic hydroxyl groups is 1. The number of hydrogen-bond donors (Lipinski definition) is 4. The molecule has 0 aliphatic rings. The van der Waals surface area contributed by atoms with Gasteiger partial charge in [0.05, 0.1) is 13.2 Å². The highest BCUT2D eigenvalue weighted by molar-refractivity contribution is 5.87. The van der Waals surface area contributed by atoms with Gasteiger partial charge in [-0.2, -0.15) is 0 Å². The summed E-state index contributed by atoms with van der Waals surface area (Å²) in [5.41, 5.74) is 0. The Kier molecular flexibility index (Phi) is 43.3. The maximum atomic E-state index is 12.9. The molecule has 0 aliphatic heterocycles. The third kappa shape index (κ3) is 42.1. The van der Waals surface area contributed by atoms with Crippen LogP contribution in [0.5, 0.6) is 0 Å². The van der Waals surface area contributed by atoms with E-state index in [0.29, 0.717) is 19.3 Å². The molecule has 0 aromatic carbocycles. The van der Waals surface area contributed by atoms with Crippen LogP contribution in [-0.2, 0) is 23.9 Å². The number of nitrogens with one attached hydrogen (secondary N) is 2. The van der Waals surface area contributed by atoms with Crippen LogP contribution in [0.1, 0.15) is 258 Å². The number of carboxylic acid groups (broad SMARTS) is 1. The molecule has 4 N–H and O–H groups in total. The van der Waals surface area contributed by atoms with Gasteiger partial charge in [0.1, 0.15) is 12.1 Å². The number of allylic oxidation sites excluding steroid dienone is 2. The number of amides is 2. The number of hydrogen-bond acceptors (Lipinski definition) is 6. The lowest BCUT2D eigenvalue weighted by Crippen LogP contribution is -2.47. The Morgan fingerprint density at radius 1 is 0.492 bits per heavy atom. The Morgan fingerprint density at radius 3 is 1.27 bits per heavy atom. The molecule has 2 atom stereocenters. The normalized spacial score (nSPS) is 12.5. The summed E-state index contributed by atoms with van der Waals surface area (Å²) < 4.78 is 6.07. The molecule has 0 saturated carbocycles. The minimum absolute atomic E-state index is 0.0110. The third-order valence-corrected chi connectivity index (χ3v) is 11.5. The Hall–Kier alpha value is -2.42. The van der Waals surface area contributed by atoms with E-state index in [9.17, 15) is 19.2 Å². The van der Waals surface area contributed by atoms with Gasteiger partial charge in [0, 0.05) is 12.8 Å². The van der Waals surface area contributed by atoms with Crippen molar-refractivity contribution >= 4 is 23.8 Å². The van der Waals surface area contributed by atoms with Gasteiger partial charge >= 0.3 is 11.9 Å². The van der Waals surface area contributed by atoms with Crippen LogP contribution in [0.3, 0.4) is 0 Å². The molecule has 0 radical (unpaired) electrons. The molecule has 9 heteroatoms.